The minimum Gasteiger partial charge on any atom is -0.489 e. The SMILES string of the molecule is COC1=C(OC)C(=O)C(C/C=C(\C)CC/C=C(\C)CC/C=C(\C)CC/C=C(\C)CCC=C(C)C)=C(C)C1=O. The van der Waals surface area contributed by atoms with Gasteiger partial charge in [0.05, 0.1) is 14.2 Å². The van der Waals surface area contributed by atoms with E-state index in [1.54, 1.807) is 6.92 Å². The number of carbonyl (C=O) groups is 2. The lowest BCUT2D eigenvalue weighted by molar-refractivity contribution is -0.121. The number of ketones is 2. The number of ether oxygens (including phenoxy) is 2. The van der Waals surface area contributed by atoms with E-state index >= 15 is 0 Å². The van der Waals surface area contributed by atoms with Gasteiger partial charge in [-0.2, -0.15) is 0 Å². The third-order valence-electron chi connectivity index (χ3n) is 6.93. The number of allylic oxidation sites excluding steroid dienone is 12. The van der Waals surface area contributed by atoms with Gasteiger partial charge in [0, 0.05) is 11.1 Å². The van der Waals surface area contributed by atoms with Crippen LogP contribution in [0.15, 0.2) is 80.9 Å². The first kappa shape index (κ1) is 33.1. The van der Waals surface area contributed by atoms with Crippen molar-refractivity contribution in [2.75, 3.05) is 14.2 Å². The highest BCUT2D eigenvalue weighted by Crippen LogP contribution is 2.28. The molecule has 4 nitrogen and oxygen atoms in total. The fourth-order valence-corrected chi connectivity index (χ4v) is 4.35. The Morgan fingerprint density at radius 1 is 0.579 bits per heavy atom. The number of methoxy groups -OCH3 is 2. The van der Waals surface area contributed by atoms with Crippen molar-refractivity contribution in [2.24, 2.45) is 0 Å². The molecule has 0 heterocycles. The van der Waals surface area contributed by atoms with Gasteiger partial charge in [-0.15, -0.1) is 0 Å². The quantitative estimate of drug-likeness (QED) is 0.150. The van der Waals surface area contributed by atoms with Crippen LogP contribution >= 0.6 is 0 Å². The smallest absolute Gasteiger partial charge is 0.228 e. The zero-order valence-corrected chi connectivity index (χ0v) is 25.4. The molecule has 0 aromatic carbocycles. The monoisotopic (exact) mass is 522 g/mol. The molecule has 4 heteroatoms. The van der Waals surface area contributed by atoms with Crippen LogP contribution in [0.25, 0.3) is 0 Å². The first-order valence-corrected chi connectivity index (χ1v) is 13.9. The molecule has 0 bridgehead atoms. The molecule has 0 aliphatic heterocycles. The molecular weight excluding hydrogens is 472 g/mol. The lowest BCUT2D eigenvalue weighted by Crippen LogP contribution is -2.24. The number of hydrogen-bond donors (Lipinski definition) is 0. The molecule has 210 valence electrons. The number of hydrogen-bond acceptors (Lipinski definition) is 4. The fraction of sp³-hybridized carbons (Fsp3) is 0.529. The molecule has 0 spiro atoms. The van der Waals surface area contributed by atoms with E-state index in [2.05, 4.69) is 65.8 Å². The molecule has 0 aromatic heterocycles. The summed E-state index contributed by atoms with van der Waals surface area (Å²) in [6.45, 7) is 14.7. The minimum absolute atomic E-state index is 0.00583. The van der Waals surface area contributed by atoms with E-state index in [4.69, 9.17) is 9.47 Å². The molecule has 0 amide bonds. The van der Waals surface area contributed by atoms with Gasteiger partial charge in [0.15, 0.2) is 0 Å². The fourth-order valence-electron chi connectivity index (χ4n) is 4.35. The summed E-state index contributed by atoms with van der Waals surface area (Å²) in [5.41, 5.74) is 7.87. The second kappa shape index (κ2) is 17.6. The van der Waals surface area contributed by atoms with E-state index in [1.165, 1.54) is 42.1 Å². The topological polar surface area (TPSA) is 52.6 Å². The maximum atomic E-state index is 12.8. The summed E-state index contributed by atoms with van der Waals surface area (Å²) in [5, 5.41) is 0. The van der Waals surface area contributed by atoms with Crippen molar-refractivity contribution >= 4 is 11.6 Å². The summed E-state index contributed by atoms with van der Waals surface area (Å²) in [4.78, 5) is 25.3. The zero-order valence-electron chi connectivity index (χ0n) is 25.4. The third-order valence-corrected chi connectivity index (χ3v) is 6.93. The van der Waals surface area contributed by atoms with Crippen molar-refractivity contribution in [3.05, 3.63) is 80.9 Å². The lowest BCUT2D eigenvalue weighted by atomic mass is 9.90. The molecule has 0 atom stereocenters. The van der Waals surface area contributed by atoms with E-state index in [-0.39, 0.29) is 23.1 Å². The maximum absolute atomic E-state index is 12.8. The van der Waals surface area contributed by atoms with Gasteiger partial charge in [0.2, 0.25) is 23.1 Å². The third kappa shape index (κ3) is 11.7. The Bertz CT molecular complexity index is 1050. The van der Waals surface area contributed by atoms with Crippen molar-refractivity contribution in [3.63, 3.8) is 0 Å². The molecule has 0 saturated carbocycles. The molecule has 1 aliphatic carbocycles. The predicted molar refractivity (Wildman–Crippen MR) is 160 cm³/mol. The average Bonchev–Trinajstić information content (AvgIpc) is 2.85. The highest BCUT2D eigenvalue weighted by atomic mass is 16.5. The van der Waals surface area contributed by atoms with Gasteiger partial charge in [-0.1, -0.05) is 58.2 Å². The van der Waals surface area contributed by atoms with Crippen LogP contribution in [-0.4, -0.2) is 25.8 Å². The molecule has 38 heavy (non-hydrogen) atoms. The highest BCUT2D eigenvalue weighted by molar-refractivity contribution is 6.23. The van der Waals surface area contributed by atoms with Crippen LogP contribution in [0.2, 0.25) is 0 Å². The Kier molecular flexibility index (Phi) is 15.3. The second-order valence-electron chi connectivity index (χ2n) is 10.7. The van der Waals surface area contributed by atoms with Crippen LogP contribution < -0.4 is 0 Å². The van der Waals surface area contributed by atoms with Gasteiger partial charge in [-0.3, -0.25) is 9.59 Å². The first-order chi connectivity index (χ1) is 18.0. The Hall–Kier alpha value is -2.88. The van der Waals surface area contributed by atoms with Gasteiger partial charge in [0.25, 0.3) is 0 Å². The average molecular weight is 523 g/mol. The van der Waals surface area contributed by atoms with Crippen LogP contribution in [-0.2, 0) is 19.1 Å². The largest absolute Gasteiger partial charge is 0.489 e. The second-order valence-corrected chi connectivity index (χ2v) is 10.7. The molecule has 0 fully saturated rings. The lowest BCUT2D eigenvalue weighted by Gasteiger charge is -2.19. The summed E-state index contributed by atoms with van der Waals surface area (Å²) in [6.07, 6.45) is 20.5. The standard InChI is InChI=1S/C34H50O4/c1-24(2)14-10-15-25(3)16-11-17-26(4)18-12-19-27(5)20-13-21-28(6)22-23-30-29(7)31(35)33(37-8)34(38-9)32(30)36/h14,16,18,20,22H,10-13,15,17,19,21,23H2,1-9H3/b25-16+,26-18+,27-20+,28-22+. The van der Waals surface area contributed by atoms with E-state index in [9.17, 15) is 9.59 Å². The van der Waals surface area contributed by atoms with Crippen molar-refractivity contribution in [1.29, 1.82) is 0 Å². The number of rotatable bonds is 16. The maximum Gasteiger partial charge on any atom is 0.228 e. The van der Waals surface area contributed by atoms with Gasteiger partial charge in [-0.25, -0.2) is 0 Å². The predicted octanol–water partition coefficient (Wildman–Crippen LogP) is 9.22. The van der Waals surface area contributed by atoms with Crippen molar-refractivity contribution < 1.29 is 19.1 Å². The molecule has 0 aromatic rings. The Morgan fingerprint density at radius 3 is 1.34 bits per heavy atom. The first-order valence-electron chi connectivity index (χ1n) is 13.9. The Balaban J connectivity index is 2.47. The van der Waals surface area contributed by atoms with E-state index < -0.39 is 0 Å². The normalized spacial score (nSPS) is 15.9. The number of carbonyl (C=O) groups excluding carboxylic acids is 2. The Morgan fingerprint density at radius 2 is 0.947 bits per heavy atom. The van der Waals surface area contributed by atoms with E-state index in [0.29, 0.717) is 17.6 Å². The summed E-state index contributed by atoms with van der Waals surface area (Å²) in [5.74, 6) is -0.568. The molecule has 0 saturated heterocycles. The van der Waals surface area contributed by atoms with Crippen LogP contribution in [0, 0.1) is 0 Å². The van der Waals surface area contributed by atoms with Crippen molar-refractivity contribution in [1.82, 2.24) is 0 Å². The summed E-state index contributed by atoms with van der Waals surface area (Å²) in [6, 6.07) is 0. The molecule has 1 aliphatic rings. The molecule has 0 N–H and O–H groups in total. The van der Waals surface area contributed by atoms with E-state index in [0.717, 1.165) is 51.4 Å². The van der Waals surface area contributed by atoms with E-state index in [1.807, 2.05) is 6.08 Å². The highest BCUT2D eigenvalue weighted by Gasteiger charge is 2.34. The van der Waals surface area contributed by atoms with Crippen LogP contribution in [0.5, 0.6) is 0 Å². The Labute approximate surface area is 231 Å². The minimum atomic E-state index is -0.283. The number of Topliss-reactive ketones (excluding diaryl/α,β-unsaturated/α-hetero) is 2. The van der Waals surface area contributed by atoms with Crippen molar-refractivity contribution in [3.8, 4) is 0 Å². The summed E-state index contributed by atoms with van der Waals surface area (Å²) < 4.78 is 10.3. The molecular formula is C34H50O4. The van der Waals surface area contributed by atoms with Gasteiger partial charge >= 0.3 is 0 Å². The molecule has 0 unspecified atom stereocenters. The van der Waals surface area contributed by atoms with Gasteiger partial charge in [-0.05, 0) is 106 Å². The van der Waals surface area contributed by atoms with Gasteiger partial charge in [0.1, 0.15) is 0 Å². The van der Waals surface area contributed by atoms with Crippen LogP contribution in [0.1, 0.15) is 106 Å². The summed E-state index contributed by atoms with van der Waals surface area (Å²) in [7, 11) is 2.77. The molecule has 1 rings (SSSR count). The molecule has 0 radical (unpaired) electrons. The zero-order chi connectivity index (χ0) is 28.7. The summed E-state index contributed by atoms with van der Waals surface area (Å²) >= 11 is 0. The van der Waals surface area contributed by atoms with Crippen molar-refractivity contribution in [2.45, 2.75) is 106 Å². The van der Waals surface area contributed by atoms with Crippen LogP contribution in [0.4, 0.5) is 0 Å². The van der Waals surface area contributed by atoms with Crippen LogP contribution in [0.3, 0.4) is 0 Å². The van der Waals surface area contributed by atoms with Gasteiger partial charge < -0.3 is 9.47 Å².